The average Bonchev–Trinajstić information content (AvgIpc) is 3.30. The number of halogens is 3. The number of aryl methyl sites for hydroxylation is 1. The van der Waals surface area contributed by atoms with Gasteiger partial charge in [-0.05, 0) is 61.0 Å². The van der Waals surface area contributed by atoms with Crippen LogP contribution in [0.5, 0.6) is 17.2 Å². The summed E-state index contributed by atoms with van der Waals surface area (Å²) in [6.45, 7) is 1.82. The molecule has 0 aliphatic rings. The topological polar surface area (TPSA) is 104 Å². The maximum Gasteiger partial charge on any atom is 0.291 e. The number of ether oxygens (including phenoxy) is 2. The molecule has 8 nitrogen and oxygen atoms in total. The number of furan rings is 1. The number of rotatable bonds is 8. The van der Waals surface area contributed by atoms with Crippen molar-refractivity contribution in [2.45, 2.75) is 13.5 Å². The van der Waals surface area contributed by atoms with E-state index in [1.807, 2.05) is 0 Å². The number of benzene rings is 3. The van der Waals surface area contributed by atoms with Gasteiger partial charge in [0.25, 0.3) is 11.6 Å². The number of nitrogens with one attached hydrogen (secondary N) is 1. The molecule has 1 N–H and O–H groups in total. The lowest BCUT2D eigenvalue weighted by Crippen LogP contribution is -2.11. The van der Waals surface area contributed by atoms with Crippen molar-refractivity contribution in [3.63, 3.8) is 0 Å². The molecule has 0 aliphatic carbocycles. The molecule has 1 amide bonds. The highest BCUT2D eigenvalue weighted by Crippen LogP contribution is 2.32. The normalized spacial score (nSPS) is 10.7. The van der Waals surface area contributed by atoms with Crippen LogP contribution in [0.25, 0.3) is 0 Å². The highest BCUT2D eigenvalue weighted by atomic mass is 35.5. The zero-order valence-corrected chi connectivity index (χ0v) is 20.9. The number of amides is 1. The van der Waals surface area contributed by atoms with Crippen LogP contribution in [-0.2, 0) is 6.61 Å². The lowest BCUT2D eigenvalue weighted by Gasteiger charge is -2.10. The number of non-ortho nitro benzene ring substituents is 1. The molecule has 4 rings (SSSR count). The van der Waals surface area contributed by atoms with Gasteiger partial charge < -0.3 is 19.2 Å². The first-order valence-electron chi connectivity index (χ1n) is 10.4. The van der Waals surface area contributed by atoms with Gasteiger partial charge in [-0.15, -0.1) is 0 Å². The first kappa shape index (κ1) is 25.4. The van der Waals surface area contributed by atoms with Gasteiger partial charge in [0.05, 0.1) is 21.7 Å². The molecule has 0 atom stereocenters. The van der Waals surface area contributed by atoms with Crippen LogP contribution in [-0.4, -0.2) is 10.8 Å². The Balaban J connectivity index is 1.47. The second-order valence-electron chi connectivity index (χ2n) is 7.57. The van der Waals surface area contributed by atoms with E-state index < -0.39 is 10.8 Å². The van der Waals surface area contributed by atoms with E-state index in [9.17, 15) is 14.9 Å². The Bertz CT molecular complexity index is 1450. The Morgan fingerprint density at radius 3 is 2.50 bits per heavy atom. The molecule has 0 saturated carbocycles. The van der Waals surface area contributed by atoms with Gasteiger partial charge >= 0.3 is 0 Å². The molecule has 0 radical (unpaired) electrons. The Hall–Kier alpha value is -3.72. The minimum Gasteiger partial charge on any atom is -0.484 e. The summed E-state index contributed by atoms with van der Waals surface area (Å²) in [5.74, 6) is 0.745. The first-order valence-corrected chi connectivity index (χ1v) is 11.5. The van der Waals surface area contributed by atoms with E-state index >= 15 is 0 Å². The Kier molecular flexibility index (Phi) is 7.69. The predicted octanol–water partition coefficient (Wildman–Crippen LogP) is 8.08. The summed E-state index contributed by atoms with van der Waals surface area (Å²) in [5.41, 5.74) is 0.669. The van der Waals surface area contributed by atoms with Gasteiger partial charge in [-0.25, -0.2) is 0 Å². The van der Waals surface area contributed by atoms with Crippen molar-refractivity contribution in [2.24, 2.45) is 0 Å². The van der Waals surface area contributed by atoms with Gasteiger partial charge in [-0.1, -0.05) is 34.8 Å². The smallest absolute Gasteiger partial charge is 0.291 e. The molecule has 36 heavy (non-hydrogen) atoms. The highest BCUT2D eigenvalue weighted by Gasteiger charge is 2.17. The Morgan fingerprint density at radius 1 is 0.972 bits per heavy atom. The third kappa shape index (κ3) is 6.28. The fourth-order valence-electron chi connectivity index (χ4n) is 3.15. The van der Waals surface area contributed by atoms with E-state index in [-0.39, 0.29) is 29.5 Å². The largest absolute Gasteiger partial charge is 0.484 e. The Morgan fingerprint density at radius 2 is 1.78 bits per heavy atom. The molecular weight excluding hydrogens is 531 g/mol. The molecule has 3 aromatic carbocycles. The SMILES string of the molecule is Cc1cc(Oc2cc(NC(=O)c3ccc(COc4ccc(Cl)cc4Cl)o3)cc([N+](=O)[O-])c2)ccc1Cl. The van der Waals surface area contributed by atoms with Crippen LogP contribution in [0, 0.1) is 17.0 Å². The third-order valence-electron chi connectivity index (χ3n) is 4.87. The molecule has 11 heteroatoms. The number of carbonyl (C=O) groups is 1. The zero-order valence-electron chi connectivity index (χ0n) is 18.6. The molecule has 0 bridgehead atoms. The second kappa shape index (κ2) is 10.9. The molecule has 0 unspecified atom stereocenters. The van der Waals surface area contributed by atoms with Crippen molar-refractivity contribution in [1.29, 1.82) is 0 Å². The van der Waals surface area contributed by atoms with Crippen molar-refractivity contribution in [2.75, 3.05) is 5.32 Å². The quantitative estimate of drug-likeness (QED) is 0.177. The lowest BCUT2D eigenvalue weighted by atomic mass is 10.2. The first-order chi connectivity index (χ1) is 17.2. The van der Waals surface area contributed by atoms with E-state index in [0.717, 1.165) is 5.56 Å². The fraction of sp³-hybridized carbons (Fsp3) is 0.0800. The van der Waals surface area contributed by atoms with Crippen LogP contribution in [0.2, 0.25) is 15.1 Å². The van der Waals surface area contributed by atoms with Crippen molar-refractivity contribution < 1.29 is 23.6 Å². The maximum atomic E-state index is 12.7. The standard InChI is InChI=1S/C25H17Cl3N2O6/c1-14-8-18(3-5-21(14)27)35-20-11-16(10-17(12-20)30(32)33)29-25(31)24-7-4-19(36-24)13-34-23-6-2-15(26)9-22(23)28/h2-12H,13H2,1H3,(H,29,31). The fourth-order valence-corrected chi connectivity index (χ4v) is 3.73. The minimum atomic E-state index is -0.612. The number of carbonyl (C=O) groups excluding carboxylic acids is 1. The molecule has 0 saturated heterocycles. The number of nitro benzene ring substituents is 1. The van der Waals surface area contributed by atoms with Gasteiger partial charge in [0, 0.05) is 22.2 Å². The van der Waals surface area contributed by atoms with Crippen LogP contribution < -0.4 is 14.8 Å². The van der Waals surface area contributed by atoms with Crippen LogP contribution in [0.1, 0.15) is 21.9 Å². The number of anilines is 1. The van der Waals surface area contributed by atoms with Crippen molar-refractivity contribution in [3.05, 3.63) is 109 Å². The van der Waals surface area contributed by atoms with Gasteiger partial charge in [0.15, 0.2) is 5.76 Å². The molecule has 1 aromatic heterocycles. The summed E-state index contributed by atoms with van der Waals surface area (Å²) in [7, 11) is 0. The van der Waals surface area contributed by atoms with Crippen LogP contribution in [0.15, 0.2) is 71.1 Å². The molecule has 0 fully saturated rings. The van der Waals surface area contributed by atoms with E-state index in [4.69, 9.17) is 48.7 Å². The van der Waals surface area contributed by atoms with Gasteiger partial charge in [-0.2, -0.15) is 0 Å². The number of hydrogen-bond donors (Lipinski definition) is 1. The Labute approximate surface area is 220 Å². The minimum absolute atomic E-state index is 0.0156. The molecular formula is C25H17Cl3N2O6. The predicted molar refractivity (Wildman–Crippen MR) is 137 cm³/mol. The van der Waals surface area contributed by atoms with E-state index in [0.29, 0.717) is 32.3 Å². The maximum absolute atomic E-state index is 12.7. The lowest BCUT2D eigenvalue weighted by molar-refractivity contribution is -0.384. The molecule has 0 spiro atoms. The number of nitro groups is 1. The summed E-state index contributed by atoms with van der Waals surface area (Å²) in [6.07, 6.45) is 0. The second-order valence-corrected chi connectivity index (χ2v) is 8.82. The molecule has 0 aliphatic heterocycles. The van der Waals surface area contributed by atoms with E-state index in [1.165, 1.54) is 24.3 Å². The zero-order chi connectivity index (χ0) is 25.8. The monoisotopic (exact) mass is 546 g/mol. The summed E-state index contributed by atoms with van der Waals surface area (Å²) < 4.78 is 16.9. The number of hydrogen-bond acceptors (Lipinski definition) is 6. The van der Waals surface area contributed by atoms with Gasteiger partial charge in [-0.3, -0.25) is 14.9 Å². The van der Waals surface area contributed by atoms with Crippen molar-refractivity contribution in [1.82, 2.24) is 0 Å². The third-order valence-corrected chi connectivity index (χ3v) is 5.83. The molecule has 1 heterocycles. The van der Waals surface area contributed by atoms with E-state index in [1.54, 1.807) is 49.4 Å². The number of nitrogens with zero attached hydrogens (tertiary/aromatic N) is 1. The van der Waals surface area contributed by atoms with Crippen LogP contribution in [0.4, 0.5) is 11.4 Å². The highest BCUT2D eigenvalue weighted by molar-refractivity contribution is 6.35. The van der Waals surface area contributed by atoms with Crippen molar-refractivity contribution in [3.8, 4) is 17.2 Å². The summed E-state index contributed by atoms with van der Waals surface area (Å²) >= 11 is 18.0. The van der Waals surface area contributed by atoms with Crippen LogP contribution in [0.3, 0.4) is 0 Å². The summed E-state index contributed by atoms with van der Waals surface area (Å²) in [6, 6.07) is 16.8. The van der Waals surface area contributed by atoms with Crippen molar-refractivity contribution >= 4 is 52.1 Å². The van der Waals surface area contributed by atoms with Gasteiger partial charge in [0.1, 0.15) is 29.6 Å². The molecule has 184 valence electrons. The van der Waals surface area contributed by atoms with Crippen LogP contribution >= 0.6 is 34.8 Å². The van der Waals surface area contributed by atoms with Gasteiger partial charge in [0.2, 0.25) is 0 Å². The summed E-state index contributed by atoms with van der Waals surface area (Å²) in [4.78, 5) is 23.6. The summed E-state index contributed by atoms with van der Waals surface area (Å²) in [5, 5.41) is 15.4. The van der Waals surface area contributed by atoms with E-state index in [2.05, 4.69) is 5.32 Å². The average molecular weight is 548 g/mol. The molecule has 4 aromatic rings.